The van der Waals surface area contributed by atoms with Crippen LogP contribution in [0.2, 0.25) is 0 Å². The maximum atomic E-state index is 5.69. The molecule has 7 heteroatoms. The van der Waals surface area contributed by atoms with E-state index in [4.69, 9.17) is 24.9 Å². The Hall–Kier alpha value is -5.43. The zero-order valence-corrected chi connectivity index (χ0v) is 27.1. The quantitative estimate of drug-likeness (QED) is 0.152. The Morgan fingerprint density at radius 3 is 1.77 bits per heavy atom. The number of hydrogen-bond donors (Lipinski definition) is 0. The molecule has 47 heavy (non-hydrogen) atoms. The van der Waals surface area contributed by atoms with E-state index < -0.39 is 5.54 Å². The summed E-state index contributed by atoms with van der Waals surface area (Å²) < 4.78 is 11.2. The standard InChI is InChI=1S/C40H39N5O2/c1-29-23-25-44(26-24-29)34-20-21-35(30-19-22-37(46-2)38(27-30)47-3)36(28-34)39-41-43-45(42-39)40(31-13-7-4-8-14-31,32-15-9-5-10-16-32)33-17-11-6-12-18-33/h4-22,27-29H,23-26H2,1-3H3. The van der Waals surface area contributed by atoms with E-state index in [0.717, 1.165) is 58.1 Å². The van der Waals surface area contributed by atoms with Crippen LogP contribution < -0.4 is 14.4 Å². The fourth-order valence-electron chi connectivity index (χ4n) is 6.78. The summed E-state index contributed by atoms with van der Waals surface area (Å²) in [5.74, 6) is 2.63. The average Bonchev–Trinajstić information content (AvgIpc) is 3.63. The Morgan fingerprint density at radius 1 is 0.638 bits per heavy atom. The van der Waals surface area contributed by atoms with E-state index in [9.17, 15) is 0 Å². The summed E-state index contributed by atoms with van der Waals surface area (Å²) in [5.41, 5.74) is 6.29. The summed E-state index contributed by atoms with van der Waals surface area (Å²) in [6.07, 6.45) is 2.35. The molecule has 0 saturated carbocycles. The molecule has 2 heterocycles. The van der Waals surface area contributed by atoms with Crippen LogP contribution in [0.5, 0.6) is 11.5 Å². The van der Waals surface area contributed by atoms with Crippen molar-refractivity contribution in [2.45, 2.75) is 25.3 Å². The number of rotatable bonds is 9. The van der Waals surface area contributed by atoms with Crippen molar-refractivity contribution in [1.29, 1.82) is 0 Å². The molecule has 5 aromatic carbocycles. The van der Waals surface area contributed by atoms with Gasteiger partial charge in [0.15, 0.2) is 17.0 Å². The summed E-state index contributed by atoms with van der Waals surface area (Å²) in [6, 6.07) is 43.9. The van der Waals surface area contributed by atoms with Crippen molar-refractivity contribution in [2.24, 2.45) is 5.92 Å². The van der Waals surface area contributed by atoms with Gasteiger partial charge in [0.2, 0.25) is 5.82 Å². The number of anilines is 1. The lowest BCUT2D eigenvalue weighted by Gasteiger charge is -2.34. The van der Waals surface area contributed by atoms with Gasteiger partial charge in [-0.25, -0.2) is 0 Å². The highest BCUT2D eigenvalue weighted by Gasteiger charge is 2.41. The second-order valence-corrected chi connectivity index (χ2v) is 12.2. The lowest BCUT2D eigenvalue weighted by molar-refractivity contribution is 0.355. The number of benzene rings is 5. The highest BCUT2D eigenvalue weighted by atomic mass is 16.5. The molecule has 0 spiro atoms. The summed E-state index contributed by atoms with van der Waals surface area (Å²) in [6.45, 7) is 4.38. The molecule has 7 rings (SSSR count). The van der Waals surface area contributed by atoms with Crippen molar-refractivity contribution in [2.75, 3.05) is 32.2 Å². The lowest BCUT2D eigenvalue weighted by Crippen LogP contribution is -2.39. The fraction of sp³-hybridized carbons (Fsp3) is 0.225. The van der Waals surface area contributed by atoms with E-state index in [1.165, 1.54) is 12.8 Å². The van der Waals surface area contributed by atoms with E-state index >= 15 is 0 Å². The average molecular weight is 622 g/mol. The fourth-order valence-corrected chi connectivity index (χ4v) is 6.78. The van der Waals surface area contributed by atoms with Gasteiger partial charge in [0.05, 0.1) is 14.2 Å². The Morgan fingerprint density at radius 2 is 1.21 bits per heavy atom. The Kier molecular flexibility index (Phi) is 8.44. The molecular formula is C40H39N5O2. The van der Waals surface area contributed by atoms with Gasteiger partial charge < -0.3 is 14.4 Å². The monoisotopic (exact) mass is 621 g/mol. The first-order valence-corrected chi connectivity index (χ1v) is 16.2. The Labute approximate surface area is 276 Å². The number of methoxy groups -OCH3 is 2. The van der Waals surface area contributed by atoms with Gasteiger partial charge in [-0.3, -0.25) is 0 Å². The highest BCUT2D eigenvalue weighted by molar-refractivity contribution is 5.84. The normalized spacial score (nSPS) is 13.8. The first-order valence-electron chi connectivity index (χ1n) is 16.2. The molecule has 0 amide bonds. The summed E-state index contributed by atoms with van der Waals surface area (Å²) in [5, 5.41) is 14.9. The SMILES string of the molecule is COc1ccc(-c2ccc(N3CCC(C)CC3)cc2-c2nnn(C(c3ccccc3)(c3ccccc3)c3ccccc3)n2)cc1OC. The molecule has 236 valence electrons. The van der Waals surface area contributed by atoms with Gasteiger partial charge in [-0.05, 0) is 76.1 Å². The predicted octanol–water partition coefficient (Wildman–Crippen LogP) is 8.10. The molecule has 6 aromatic rings. The summed E-state index contributed by atoms with van der Waals surface area (Å²) >= 11 is 0. The topological polar surface area (TPSA) is 65.3 Å². The lowest BCUT2D eigenvalue weighted by atomic mass is 9.77. The second kappa shape index (κ2) is 13.1. The minimum Gasteiger partial charge on any atom is -0.493 e. The van der Waals surface area contributed by atoms with E-state index in [0.29, 0.717) is 17.3 Å². The van der Waals surface area contributed by atoms with Gasteiger partial charge in [-0.2, -0.15) is 0 Å². The van der Waals surface area contributed by atoms with E-state index in [1.54, 1.807) is 19.0 Å². The second-order valence-electron chi connectivity index (χ2n) is 12.2. The Bertz CT molecular complexity index is 1840. The van der Waals surface area contributed by atoms with Crippen LogP contribution in [-0.4, -0.2) is 47.5 Å². The van der Waals surface area contributed by atoms with Crippen LogP contribution in [0.1, 0.15) is 36.5 Å². The van der Waals surface area contributed by atoms with E-state index in [1.807, 2.05) is 30.3 Å². The molecular weight excluding hydrogens is 582 g/mol. The van der Waals surface area contributed by atoms with Crippen molar-refractivity contribution >= 4 is 5.69 Å². The van der Waals surface area contributed by atoms with Crippen LogP contribution in [0.4, 0.5) is 5.69 Å². The highest BCUT2D eigenvalue weighted by Crippen LogP contribution is 2.42. The van der Waals surface area contributed by atoms with Crippen LogP contribution >= 0.6 is 0 Å². The molecule has 0 radical (unpaired) electrons. The zero-order chi connectivity index (χ0) is 32.2. The number of ether oxygens (including phenoxy) is 2. The predicted molar refractivity (Wildman–Crippen MR) is 187 cm³/mol. The van der Waals surface area contributed by atoms with Gasteiger partial charge in [0.25, 0.3) is 0 Å². The van der Waals surface area contributed by atoms with E-state index in [2.05, 4.69) is 109 Å². The molecule has 1 aromatic heterocycles. The maximum Gasteiger partial charge on any atom is 0.205 e. The molecule has 0 unspecified atom stereocenters. The molecule has 0 aliphatic carbocycles. The molecule has 0 bridgehead atoms. The molecule has 1 saturated heterocycles. The number of tetrazole rings is 1. The van der Waals surface area contributed by atoms with Gasteiger partial charge >= 0.3 is 0 Å². The van der Waals surface area contributed by atoms with Crippen molar-refractivity contribution < 1.29 is 9.47 Å². The number of piperidine rings is 1. The Balaban J connectivity index is 1.44. The van der Waals surface area contributed by atoms with Crippen LogP contribution in [0.3, 0.4) is 0 Å². The first kappa shape index (κ1) is 30.2. The number of aromatic nitrogens is 4. The zero-order valence-electron chi connectivity index (χ0n) is 27.1. The van der Waals surface area contributed by atoms with Crippen molar-refractivity contribution in [1.82, 2.24) is 20.2 Å². The molecule has 1 fully saturated rings. The number of nitrogens with zero attached hydrogens (tertiary/aromatic N) is 5. The molecule has 0 atom stereocenters. The van der Waals surface area contributed by atoms with Crippen LogP contribution in [0.15, 0.2) is 127 Å². The minimum absolute atomic E-state index is 0.550. The third-order valence-electron chi connectivity index (χ3n) is 9.38. The van der Waals surface area contributed by atoms with Crippen LogP contribution in [0.25, 0.3) is 22.5 Å². The third kappa shape index (κ3) is 5.63. The van der Waals surface area contributed by atoms with Crippen LogP contribution in [0, 0.1) is 5.92 Å². The van der Waals surface area contributed by atoms with Gasteiger partial charge in [-0.15, -0.1) is 15.0 Å². The first-order chi connectivity index (χ1) is 23.1. The van der Waals surface area contributed by atoms with E-state index in [-0.39, 0.29) is 0 Å². The van der Waals surface area contributed by atoms with Gasteiger partial charge in [0, 0.05) is 24.3 Å². The molecule has 1 aliphatic rings. The summed E-state index contributed by atoms with van der Waals surface area (Å²) in [7, 11) is 3.31. The third-order valence-corrected chi connectivity index (χ3v) is 9.38. The molecule has 1 aliphatic heterocycles. The van der Waals surface area contributed by atoms with Gasteiger partial charge in [0.1, 0.15) is 0 Å². The smallest absolute Gasteiger partial charge is 0.205 e. The van der Waals surface area contributed by atoms with Crippen molar-refractivity contribution in [3.8, 4) is 34.0 Å². The van der Waals surface area contributed by atoms with Crippen molar-refractivity contribution in [3.05, 3.63) is 144 Å². The minimum atomic E-state index is -0.862. The van der Waals surface area contributed by atoms with Gasteiger partial charge in [-0.1, -0.05) is 110 Å². The molecule has 0 N–H and O–H groups in total. The summed E-state index contributed by atoms with van der Waals surface area (Å²) in [4.78, 5) is 4.25. The molecule has 7 nitrogen and oxygen atoms in total. The largest absolute Gasteiger partial charge is 0.493 e. The maximum absolute atomic E-state index is 5.69. The number of hydrogen-bond acceptors (Lipinski definition) is 6. The van der Waals surface area contributed by atoms with Crippen LogP contribution in [-0.2, 0) is 5.54 Å². The van der Waals surface area contributed by atoms with Crippen molar-refractivity contribution in [3.63, 3.8) is 0 Å².